The van der Waals surface area contributed by atoms with E-state index in [4.69, 9.17) is 9.47 Å². The SMILES string of the molecule is CC(C)N(C)S(=O)(=O)c1ccc(CNC(=O)CSc2ccc3c(c2)OCCO3)cc1. The maximum atomic E-state index is 12.5. The Kier molecular flexibility index (Phi) is 7.27. The Morgan fingerprint density at radius 2 is 1.77 bits per heavy atom. The van der Waals surface area contributed by atoms with Crippen molar-refractivity contribution in [2.75, 3.05) is 26.0 Å². The standard InChI is InChI=1S/C21H26N2O5S2/c1-15(2)23(3)30(25,26)18-7-4-16(5-8-18)13-22-21(24)14-29-17-6-9-19-20(12-17)28-11-10-27-19/h4-9,12,15H,10-11,13-14H2,1-3H3,(H,22,24). The Bertz CT molecular complexity index is 991. The first kappa shape index (κ1) is 22.5. The molecule has 1 aliphatic rings. The van der Waals surface area contributed by atoms with E-state index in [1.165, 1.54) is 16.1 Å². The van der Waals surface area contributed by atoms with Crippen LogP contribution in [-0.2, 0) is 21.4 Å². The van der Waals surface area contributed by atoms with Gasteiger partial charge in [0.2, 0.25) is 15.9 Å². The van der Waals surface area contributed by atoms with Crippen molar-refractivity contribution in [2.45, 2.75) is 36.2 Å². The number of benzene rings is 2. The second kappa shape index (κ2) is 9.72. The molecule has 162 valence electrons. The molecule has 0 unspecified atom stereocenters. The van der Waals surface area contributed by atoms with Crippen LogP contribution in [0, 0.1) is 0 Å². The number of carbonyl (C=O) groups excluding carboxylic acids is 1. The summed E-state index contributed by atoms with van der Waals surface area (Å²) in [5.74, 6) is 1.58. The number of ether oxygens (including phenoxy) is 2. The Balaban J connectivity index is 1.50. The molecule has 3 rings (SSSR count). The molecular weight excluding hydrogens is 424 g/mol. The minimum atomic E-state index is -3.51. The highest BCUT2D eigenvalue weighted by molar-refractivity contribution is 8.00. The molecule has 2 aromatic rings. The lowest BCUT2D eigenvalue weighted by molar-refractivity contribution is -0.118. The van der Waals surface area contributed by atoms with Crippen molar-refractivity contribution in [1.82, 2.24) is 9.62 Å². The Morgan fingerprint density at radius 3 is 2.43 bits per heavy atom. The highest BCUT2D eigenvalue weighted by atomic mass is 32.2. The predicted molar refractivity (Wildman–Crippen MR) is 117 cm³/mol. The monoisotopic (exact) mass is 450 g/mol. The molecule has 1 amide bonds. The lowest BCUT2D eigenvalue weighted by atomic mass is 10.2. The summed E-state index contributed by atoms with van der Waals surface area (Å²) in [6.45, 7) is 5.05. The Morgan fingerprint density at radius 1 is 1.10 bits per heavy atom. The second-order valence-corrected chi connectivity index (χ2v) is 10.2. The maximum Gasteiger partial charge on any atom is 0.243 e. The van der Waals surface area contributed by atoms with E-state index >= 15 is 0 Å². The van der Waals surface area contributed by atoms with Crippen molar-refractivity contribution in [2.24, 2.45) is 0 Å². The second-order valence-electron chi connectivity index (χ2n) is 7.13. The van der Waals surface area contributed by atoms with Gasteiger partial charge < -0.3 is 14.8 Å². The number of thioether (sulfide) groups is 1. The fourth-order valence-corrected chi connectivity index (χ4v) is 4.86. The lowest BCUT2D eigenvalue weighted by Gasteiger charge is -2.21. The molecule has 1 aliphatic heterocycles. The van der Waals surface area contributed by atoms with E-state index < -0.39 is 10.0 Å². The number of hydrogen-bond donors (Lipinski definition) is 1. The quantitative estimate of drug-likeness (QED) is 0.623. The summed E-state index contributed by atoms with van der Waals surface area (Å²) in [5, 5.41) is 2.86. The first-order chi connectivity index (χ1) is 14.3. The summed E-state index contributed by atoms with van der Waals surface area (Å²) in [4.78, 5) is 13.3. The lowest BCUT2D eigenvalue weighted by Crippen LogP contribution is -2.33. The zero-order valence-corrected chi connectivity index (χ0v) is 18.9. The van der Waals surface area contributed by atoms with Gasteiger partial charge in [-0.05, 0) is 49.7 Å². The van der Waals surface area contributed by atoms with Gasteiger partial charge in [0.15, 0.2) is 11.5 Å². The molecule has 7 nitrogen and oxygen atoms in total. The van der Waals surface area contributed by atoms with Crippen molar-refractivity contribution in [3.05, 3.63) is 48.0 Å². The summed E-state index contributed by atoms with van der Waals surface area (Å²) < 4.78 is 37.4. The summed E-state index contributed by atoms with van der Waals surface area (Å²) in [7, 11) is -1.95. The van der Waals surface area contributed by atoms with Gasteiger partial charge in [-0.2, -0.15) is 4.31 Å². The number of sulfonamides is 1. The average Bonchev–Trinajstić information content (AvgIpc) is 2.75. The Hall–Kier alpha value is -2.23. The van der Waals surface area contributed by atoms with Gasteiger partial charge >= 0.3 is 0 Å². The maximum absolute atomic E-state index is 12.5. The fourth-order valence-electron chi connectivity index (χ4n) is 2.74. The van der Waals surface area contributed by atoms with Crippen molar-refractivity contribution < 1.29 is 22.7 Å². The van der Waals surface area contributed by atoms with Gasteiger partial charge in [-0.15, -0.1) is 11.8 Å². The van der Waals surface area contributed by atoms with Crippen molar-refractivity contribution in [3.8, 4) is 11.5 Å². The number of carbonyl (C=O) groups is 1. The zero-order chi connectivity index (χ0) is 21.7. The molecule has 1 N–H and O–H groups in total. The van der Waals surface area contributed by atoms with Gasteiger partial charge in [-0.3, -0.25) is 4.79 Å². The van der Waals surface area contributed by atoms with Crippen molar-refractivity contribution in [1.29, 1.82) is 0 Å². The first-order valence-corrected chi connectivity index (χ1v) is 12.1. The summed E-state index contributed by atoms with van der Waals surface area (Å²) >= 11 is 1.42. The molecule has 9 heteroatoms. The van der Waals surface area contributed by atoms with Crippen molar-refractivity contribution >= 4 is 27.7 Å². The average molecular weight is 451 g/mol. The third-order valence-corrected chi connectivity index (χ3v) is 7.74. The Labute approximate surface area is 181 Å². The van der Waals surface area contributed by atoms with Crippen LogP contribution in [0.4, 0.5) is 0 Å². The molecule has 0 fully saturated rings. The van der Waals surface area contributed by atoms with Crippen LogP contribution in [0.15, 0.2) is 52.3 Å². The van der Waals surface area contributed by atoms with E-state index in [2.05, 4.69) is 5.32 Å². The van der Waals surface area contributed by atoms with Crippen LogP contribution in [0.25, 0.3) is 0 Å². The number of hydrogen-bond acceptors (Lipinski definition) is 6. The van der Waals surface area contributed by atoms with E-state index in [9.17, 15) is 13.2 Å². The highest BCUT2D eigenvalue weighted by Crippen LogP contribution is 2.34. The molecule has 0 bridgehead atoms. The summed E-state index contributed by atoms with van der Waals surface area (Å²) in [6.07, 6.45) is 0. The van der Waals surface area contributed by atoms with Crippen LogP contribution in [0.3, 0.4) is 0 Å². The normalized spacial score (nSPS) is 13.5. The molecule has 0 atom stereocenters. The third-order valence-electron chi connectivity index (χ3n) is 4.70. The molecule has 0 spiro atoms. The molecule has 0 aliphatic carbocycles. The number of amides is 1. The minimum Gasteiger partial charge on any atom is -0.486 e. The molecule has 0 saturated carbocycles. The summed E-state index contributed by atoms with van der Waals surface area (Å²) in [6, 6.07) is 12.1. The van der Waals surface area contributed by atoms with E-state index in [1.54, 1.807) is 31.3 Å². The van der Waals surface area contributed by atoms with E-state index in [0.717, 1.165) is 16.2 Å². The van der Waals surface area contributed by atoms with Crippen LogP contribution in [-0.4, -0.2) is 50.7 Å². The number of fused-ring (bicyclic) bond motifs is 1. The third kappa shape index (κ3) is 5.47. The van der Waals surface area contributed by atoms with Gasteiger partial charge in [-0.1, -0.05) is 12.1 Å². The topological polar surface area (TPSA) is 84.9 Å². The van der Waals surface area contributed by atoms with Crippen LogP contribution in [0.1, 0.15) is 19.4 Å². The van der Waals surface area contributed by atoms with Crippen LogP contribution in [0.2, 0.25) is 0 Å². The molecule has 0 saturated heterocycles. The number of nitrogens with zero attached hydrogens (tertiary/aromatic N) is 1. The van der Waals surface area contributed by atoms with Crippen LogP contribution in [0.5, 0.6) is 11.5 Å². The fraction of sp³-hybridized carbons (Fsp3) is 0.381. The van der Waals surface area contributed by atoms with E-state index in [1.807, 2.05) is 32.0 Å². The predicted octanol–water partition coefficient (Wildman–Crippen LogP) is 2.90. The molecule has 2 aromatic carbocycles. The molecule has 0 aromatic heterocycles. The molecule has 0 radical (unpaired) electrons. The van der Waals surface area contributed by atoms with E-state index in [0.29, 0.717) is 25.5 Å². The van der Waals surface area contributed by atoms with Gasteiger partial charge in [0.25, 0.3) is 0 Å². The largest absolute Gasteiger partial charge is 0.486 e. The smallest absolute Gasteiger partial charge is 0.243 e. The summed E-state index contributed by atoms with van der Waals surface area (Å²) in [5.41, 5.74) is 0.832. The van der Waals surface area contributed by atoms with Gasteiger partial charge in [0.05, 0.1) is 10.6 Å². The van der Waals surface area contributed by atoms with Crippen LogP contribution < -0.4 is 14.8 Å². The molecule has 30 heavy (non-hydrogen) atoms. The van der Waals surface area contributed by atoms with Crippen molar-refractivity contribution in [3.63, 3.8) is 0 Å². The highest BCUT2D eigenvalue weighted by Gasteiger charge is 2.22. The minimum absolute atomic E-state index is 0.105. The molecule has 1 heterocycles. The zero-order valence-electron chi connectivity index (χ0n) is 17.3. The van der Waals surface area contributed by atoms with Gasteiger partial charge in [0, 0.05) is 24.5 Å². The van der Waals surface area contributed by atoms with E-state index in [-0.39, 0.29) is 22.6 Å². The molecular formula is C21H26N2O5S2. The first-order valence-electron chi connectivity index (χ1n) is 9.63. The van der Waals surface area contributed by atoms with Gasteiger partial charge in [0.1, 0.15) is 13.2 Å². The van der Waals surface area contributed by atoms with Gasteiger partial charge in [-0.25, -0.2) is 8.42 Å². The number of nitrogens with one attached hydrogen (secondary N) is 1. The number of rotatable bonds is 8. The van der Waals surface area contributed by atoms with Crippen LogP contribution >= 0.6 is 11.8 Å².